The van der Waals surface area contributed by atoms with Gasteiger partial charge in [0.15, 0.2) is 0 Å². The Morgan fingerprint density at radius 2 is 2.13 bits per heavy atom. The second-order valence-corrected chi connectivity index (χ2v) is 3.44. The van der Waals surface area contributed by atoms with E-state index in [1.165, 1.54) is 22.4 Å². The molecule has 0 aliphatic heterocycles. The Morgan fingerprint density at radius 3 is 2.80 bits per heavy atom. The molecule has 0 N–H and O–H groups in total. The van der Waals surface area contributed by atoms with Crippen molar-refractivity contribution >= 4 is 11.8 Å². The van der Waals surface area contributed by atoms with Crippen LogP contribution in [0.15, 0.2) is 36.7 Å². The Bertz CT molecular complexity index is 540. The van der Waals surface area contributed by atoms with Gasteiger partial charge in [-0.2, -0.15) is 5.26 Å². The van der Waals surface area contributed by atoms with Crippen LogP contribution in [0.25, 0.3) is 11.1 Å². The molecule has 74 valence electrons. The highest BCUT2D eigenvalue weighted by molar-refractivity contribution is 6.15. The number of hydrogen-bond acceptors (Lipinski definition) is 1. The van der Waals surface area contributed by atoms with Crippen molar-refractivity contribution in [3.63, 3.8) is 0 Å². The van der Waals surface area contributed by atoms with E-state index < -0.39 is 0 Å². The molecule has 1 heterocycles. The summed E-state index contributed by atoms with van der Waals surface area (Å²) in [7, 11) is 0. The highest BCUT2D eigenvalue weighted by atomic mass is 35.5. The van der Waals surface area contributed by atoms with Crippen LogP contribution in [0.3, 0.4) is 0 Å². The van der Waals surface area contributed by atoms with E-state index >= 15 is 0 Å². The van der Waals surface area contributed by atoms with Gasteiger partial charge < -0.3 is 0 Å². The predicted octanol–water partition coefficient (Wildman–Crippen LogP) is 3.17. The van der Waals surface area contributed by atoms with Crippen molar-refractivity contribution in [2.45, 2.75) is 0 Å². The van der Waals surface area contributed by atoms with E-state index in [1.807, 2.05) is 6.07 Å². The maximum absolute atomic E-state index is 13.0. The normalized spacial score (nSPS) is 9.93. The lowest BCUT2D eigenvalue weighted by molar-refractivity contribution is 0.628. The molecule has 1 aromatic heterocycles. The van der Waals surface area contributed by atoms with Crippen LogP contribution in [0.2, 0.25) is 0 Å². The lowest BCUT2D eigenvalue weighted by Crippen LogP contribution is -1.80. The zero-order chi connectivity index (χ0) is 10.8. The third kappa shape index (κ3) is 1.85. The maximum atomic E-state index is 13.0. The fourth-order valence-electron chi connectivity index (χ4n) is 1.40. The molecule has 2 nitrogen and oxygen atoms in total. The fourth-order valence-corrected chi connectivity index (χ4v) is 1.59. The first-order valence-corrected chi connectivity index (χ1v) is 4.58. The summed E-state index contributed by atoms with van der Waals surface area (Å²) in [5, 5.41) is 8.85. The molecule has 0 fully saturated rings. The highest BCUT2D eigenvalue weighted by Crippen LogP contribution is 2.25. The van der Waals surface area contributed by atoms with Crippen LogP contribution < -0.4 is 0 Å². The van der Waals surface area contributed by atoms with Gasteiger partial charge in [-0.1, -0.05) is 12.1 Å². The van der Waals surface area contributed by atoms with E-state index in [9.17, 15) is 4.39 Å². The standard InChI is InChI=1S/C11H6ClFN2/c12-15-6-9(5-14)11(7-15)8-2-1-3-10(13)4-8/h1-4,6-7H. The van der Waals surface area contributed by atoms with Gasteiger partial charge in [-0.3, -0.25) is 4.09 Å². The summed E-state index contributed by atoms with van der Waals surface area (Å²) in [6, 6.07) is 8.06. The summed E-state index contributed by atoms with van der Waals surface area (Å²) in [4.78, 5) is 0. The minimum absolute atomic E-state index is 0.335. The SMILES string of the molecule is N#Cc1cn(Cl)cc1-c1cccc(F)c1. The molecule has 1 aromatic carbocycles. The van der Waals surface area contributed by atoms with Gasteiger partial charge in [0.2, 0.25) is 0 Å². The van der Waals surface area contributed by atoms with E-state index in [0.717, 1.165) is 0 Å². The zero-order valence-electron chi connectivity index (χ0n) is 7.61. The molecule has 0 atom stereocenters. The third-order valence-corrected chi connectivity index (χ3v) is 2.25. The van der Waals surface area contributed by atoms with Crippen LogP contribution in [0.4, 0.5) is 4.39 Å². The van der Waals surface area contributed by atoms with Crippen LogP contribution in [0, 0.1) is 17.1 Å². The summed E-state index contributed by atoms with van der Waals surface area (Å²) >= 11 is 5.71. The number of nitrogens with zero attached hydrogens (tertiary/aromatic N) is 2. The van der Waals surface area contributed by atoms with Crippen LogP contribution in [0.1, 0.15) is 5.56 Å². The monoisotopic (exact) mass is 220 g/mol. The van der Waals surface area contributed by atoms with E-state index in [-0.39, 0.29) is 5.82 Å². The van der Waals surface area contributed by atoms with Gasteiger partial charge in [0, 0.05) is 29.7 Å². The van der Waals surface area contributed by atoms with Crippen LogP contribution >= 0.6 is 11.8 Å². The summed E-state index contributed by atoms with van der Waals surface area (Å²) in [6.45, 7) is 0. The smallest absolute Gasteiger partial charge is 0.123 e. The average molecular weight is 221 g/mol. The minimum Gasteiger partial charge on any atom is -0.266 e. The Morgan fingerprint density at radius 1 is 1.33 bits per heavy atom. The molecule has 2 aromatic rings. The molecule has 15 heavy (non-hydrogen) atoms. The zero-order valence-corrected chi connectivity index (χ0v) is 8.37. The number of halogens is 2. The van der Waals surface area contributed by atoms with Gasteiger partial charge in [0.1, 0.15) is 11.9 Å². The molecule has 0 aliphatic carbocycles. The molecule has 0 unspecified atom stereocenters. The first kappa shape index (κ1) is 9.75. The molecule has 2 rings (SSSR count). The molecule has 0 bridgehead atoms. The van der Waals surface area contributed by atoms with Crippen LogP contribution in [-0.4, -0.2) is 4.09 Å². The quantitative estimate of drug-likeness (QED) is 0.726. The topological polar surface area (TPSA) is 28.7 Å². The van der Waals surface area contributed by atoms with E-state index in [2.05, 4.69) is 0 Å². The first-order valence-electron chi connectivity index (χ1n) is 4.25. The van der Waals surface area contributed by atoms with Gasteiger partial charge in [-0.05, 0) is 17.7 Å². The first-order chi connectivity index (χ1) is 7.20. The maximum Gasteiger partial charge on any atom is 0.123 e. The van der Waals surface area contributed by atoms with Crippen LogP contribution in [-0.2, 0) is 0 Å². The number of nitriles is 1. The summed E-state index contributed by atoms with van der Waals surface area (Å²) < 4.78 is 14.2. The predicted molar refractivity (Wildman–Crippen MR) is 55.8 cm³/mol. The highest BCUT2D eigenvalue weighted by Gasteiger charge is 2.08. The number of hydrogen-bond donors (Lipinski definition) is 0. The van der Waals surface area contributed by atoms with Crippen molar-refractivity contribution in [2.24, 2.45) is 0 Å². The van der Waals surface area contributed by atoms with Gasteiger partial charge in [0.25, 0.3) is 0 Å². The van der Waals surface area contributed by atoms with Gasteiger partial charge in [-0.15, -0.1) is 0 Å². The lowest BCUT2D eigenvalue weighted by Gasteiger charge is -1.97. The lowest BCUT2D eigenvalue weighted by atomic mass is 10.1. The molecular formula is C11H6ClFN2. The minimum atomic E-state index is -0.335. The Balaban J connectivity index is 2.59. The Kier molecular flexibility index (Phi) is 2.44. The molecule has 0 amide bonds. The average Bonchev–Trinajstić information content (AvgIpc) is 2.59. The summed E-state index contributed by atoms with van der Waals surface area (Å²) in [6.07, 6.45) is 3.07. The van der Waals surface area contributed by atoms with Gasteiger partial charge >= 0.3 is 0 Å². The van der Waals surface area contributed by atoms with E-state index in [1.54, 1.807) is 18.3 Å². The van der Waals surface area contributed by atoms with Crippen molar-refractivity contribution < 1.29 is 4.39 Å². The fraction of sp³-hybridized carbons (Fsp3) is 0. The Hall–Kier alpha value is -1.79. The van der Waals surface area contributed by atoms with Crippen molar-refractivity contribution in [2.75, 3.05) is 0 Å². The van der Waals surface area contributed by atoms with Gasteiger partial charge in [-0.25, -0.2) is 4.39 Å². The second kappa shape index (κ2) is 3.76. The number of aromatic nitrogens is 1. The number of benzene rings is 1. The molecule has 0 saturated carbocycles. The van der Waals surface area contributed by atoms with Crippen molar-refractivity contribution in [1.29, 1.82) is 5.26 Å². The molecule has 0 radical (unpaired) electrons. The molecular weight excluding hydrogens is 215 g/mol. The second-order valence-electron chi connectivity index (χ2n) is 3.05. The summed E-state index contributed by atoms with van der Waals surface area (Å²) in [5.41, 5.74) is 1.70. The van der Waals surface area contributed by atoms with Crippen LogP contribution in [0.5, 0.6) is 0 Å². The molecule has 0 aliphatic rings. The molecule has 0 spiro atoms. The van der Waals surface area contributed by atoms with E-state index in [0.29, 0.717) is 16.7 Å². The van der Waals surface area contributed by atoms with Crippen molar-refractivity contribution in [3.8, 4) is 17.2 Å². The van der Waals surface area contributed by atoms with Crippen molar-refractivity contribution in [3.05, 3.63) is 48.0 Å². The number of rotatable bonds is 1. The van der Waals surface area contributed by atoms with E-state index in [4.69, 9.17) is 17.0 Å². The van der Waals surface area contributed by atoms with Gasteiger partial charge in [0.05, 0.1) is 5.56 Å². The molecule has 0 saturated heterocycles. The third-order valence-electron chi connectivity index (χ3n) is 2.05. The summed E-state index contributed by atoms with van der Waals surface area (Å²) in [5.74, 6) is -0.335. The molecule has 4 heteroatoms. The largest absolute Gasteiger partial charge is 0.266 e. The van der Waals surface area contributed by atoms with Crippen molar-refractivity contribution in [1.82, 2.24) is 4.09 Å². The Labute approximate surface area is 91.2 Å².